The predicted octanol–water partition coefficient (Wildman–Crippen LogP) is 2.10. The van der Waals surface area contributed by atoms with Crippen molar-refractivity contribution in [1.29, 1.82) is 0 Å². The van der Waals surface area contributed by atoms with Crippen LogP contribution in [-0.4, -0.2) is 53.5 Å². The third kappa shape index (κ3) is 5.66. The Balaban J connectivity index is 1.89. The Morgan fingerprint density at radius 1 is 1.32 bits per heavy atom. The topological polar surface area (TPSA) is 81.5 Å². The van der Waals surface area contributed by atoms with Gasteiger partial charge in [-0.25, -0.2) is 4.98 Å². The van der Waals surface area contributed by atoms with Crippen molar-refractivity contribution in [2.75, 3.05) is 20.7 Å². The molecule has 0 saturated heterocycles. The normalized spacial score (nSPS) is 13.5. The maximum atomic E-state index is 13.2. The number of ether oxygens (including phenoxy) is 1. The maximum absolute atomic E-state index is 13.2. The van der Waals surface area contributed by atoms with Gasteiger partial charge in [0.25, 0.3) is 11.5 Å². The third-order valence-electron chi connectivity index (χ3n) is 5.88. The first-order valence-electron chi connectivity index (χ1n) is 11.3. The van der Waals surface area contributed by atoms with Gasteiger partial charge in [-0.1, -0.05) is 42.0 Å². The molecule has 34 heavy (non-hydrogen) atoms. The molecule has 2 aromatic rings. The number of rotatable bonds is 10. The van der Waals surface area contributed by atoms with Gasteiger partial charge in [0.15, 0.2) is 6.29 Å². The van der Waals surface area contributed by atoms with E-state index < -0.39 is 0 Å². The van der Waals surface area contributed by atoms with E-state index in [2.05, 4.69) is 6.58 Å². The van der Waals surface area contributed by atoms with Crippen molar-refractivity contribution < 1.29 is 14.3 Å². The summed E-state index contributed by atoms with van der Waals surface area (Å²) in [5.41, 5.74) is 1.49. The van der Waals surface area contributed by atoms with Gasteiger partial charge < -0.3 is 9.64 Å². The molecule has 1 heterocycles. The van der Waals surface area contributed by atoms with Crippen LogP contribution in [0.1, 0.15) is 51.4 Å². The van der Waals surface area contributed by atoms with Crippen molar-refractivity contribution in [3.05, 3.63) is 80.4 Å². The van der Waals surface area contributed by atoms with E-state index in [1.54, 1.807) is 54.1 Å². The Kier molecular flexibility index (Phi) is 8.49. The number of carbonyl (C=O) groups excluding carboxylic acids is 2. The largest absolute Gasteiger partial charge is 0.377 e. The number of aromatic nitrogens is 2. The zero-order valence-electron chi connectivity index (χ0n) is 20.0. The molecular weight excluding hydrogens is 430 g/mol. The Bertz CT molecular complexity index is 1290. The van der Waals surface area contributed by atoms with Crippen LogP contribution in [0.5, 0.6) is 0 Å². The van der Waals surface area contributed by atoms with E-state index in [-0.39, 0.29) is 17.6 Å². The summed E-state index contributed by atoms with van der Waals surface area (Å²) in [5.74, 6) is 0.320. The van der Waals surface area contributed by atoms with Gasteiger partial charge in [0.1, 0.15) is 5.82 Å². The van der Waals surface area contributed by atoms with E-state index in [4.69, 9.17) is 9.72 Å². The van der Waals surface area contributed by atoms with Crippen molar-refractivity contribution in [3.63, 3.8) is 0 Å². The predicted molar refractivity (Wildman–Crippen MR) is 134 cm³/mol. The molecule has 0 N–H and O–H groups in total. The highest BCUT2D eigenvalue weighted by Gasteiger charge is 2.17. The van der Waals surface area contributed by atoms with E-state index in [1.807, 2.05) is 25.2 Å². The van der Waals surface area contributed by atoms with Gasteiger partial charge in [0.2, 0.25) is 0 Å². The second kappa shape index (κ2) is 11.5. The second-order valence-corrected chi connectivity index (χ2v) is 8.30. The summed E-state index contributed by atoms with van der Waals surface area (Å²) in [5, 5.41) is 1.29. The van der Waals surface area contributed by atoms with E-state index in [0.29, 0.717) is 53.2 Å². The zero-order valence-corrected chi connectivity index (χ0v) is 20.0. The molecule has 1 unspecified atom stereocenters. The Morgan fingerprint density at radius 3 is 2.79 bits per heavy atom. The van der Waals surface area contributed by atoms with Crippen molar-refractivity contribution in [2.45, 2.75) is 38.7 Å². The number of benzene rings is 1. The molecule has 0 saturated carbocycles. The van der Waals surface area contributed by atoms with Gasteiger partial charge in [-0.3, -0.25) is 19.0 Å². The van der Waals surface area contributed by atoms with Crippen LogP contribution in [0.25, 0.3) is 18.4 Å². The van der Waals surface area contributed by atoms with Crippen LogP contribution in [-0.2, 0) is 11.2 Å². The number of aryl methyl sites for hydroxylation is 1. The molecule has 1 aliphatic rings. The highest BCUT2D eigenvalue weighted by Crippen LogP contribution is 2.13. The summed E-state index contributed by atoms with van der Waals surface area (Å²) in [6, 6.07) is 5.17. The number of hydrogen-bond acceptors (Lipinski definition) is 5. The van der Waals surface area contributed by atoms with Crippen LogP contribution in [0.4, 0.5) is 0 Å². The van der Waals surface area contributed by atoms with Gasteiger partial charge >= 0.3 is 0 Å². The first-order valence-corrected chi connectivity index (χ1v) is 11.3. The lowest BCUT2D eigenvalue weighted by Gasteiger charge is -2.19. The average Bonchev–Trinajstić information content (AvgIpc) is 2.86. The van der Waals surface area contributed by atoms with Crippen molar-refractivity contribution in [2.24, 2.45) is 0 Å². The van der Waals surface area contributed by atoms with Gasteiger partial charge in [-0.15, -0.1) is 6.58 Å². The quantitative estimate of drug-likeness (QED) is 0.400. The lowest BCUT2D eigenvalue weighted by Crippen LogP contribution is -2.48. The minimum absolute atomic E-state index is 0.129. The van der Waals surface area contributed by atoms with E-state index in [0.717, 1.165) is 18.4 Å². The van der Waals surface area contributed by atoms with Crippen LogP contribution < -0.4 is 16.1 Å². The summed E-state index contributed by atoms with van der Waals surface area (Å²) in [7, 11) is 3.29. The SMILES string of the molecule is C=CC(C/C=C/n1c(CCN(C)C(=O)c2cc(C)ccc2C=O)nc2c(c1=O)=CCCC=2)OC. The molecule has 0 fully saturated rings. The summed E-state index contributed by atoms with van der Waals surface area (Å²) < 4.78 is 6.86. The van der Waals surface area contributed by atoms with E-state index in [1.165, 1.54) is 0 Å². The van der Waals surface area contributed by atoms with E-state index >= 15 is 0 Å². The number of hydrogen-bond donors (Lipinski definition) is 0. The number of methoxy groups -OCH3 is 1. The minimum atomic E-state index is -0.248. The van der Waals surface area contributed by atoms with Gasteiger partial charge in [-0.2, -0.15) is 0 Å². The molecule has 1 amide bonds. The molecule has 1 aliphatic carbocycles. The fourth-order valence-corrected chi connectivity index (χ4v) is 3.86. The summed E-state index contributed by atoms with van der Waals surface area (Å²) in [6.07, 6.45) is 12.3. The Labute approximate surface area is 199 Å². The van der Waals surface area contributed by atoms with Crippen LogP contribution >= 0.6 is 0 Å². The highest BCUT2D eigenvalue weighted by atomic mass is 16.5. The first-order chi connectivity index (χ1) is 16.4. The molecule has 3 rings (SSSR count). The summed E-state index contributed by atoms with van der Waals surface area (Å²) >= 11 is 0. The third-order valence-corrected chi connectivity index (χ3v) is 5.88. The number of amides is 1. The van der Waals surface area contributed by atoms with Gasteiger partial charge in [0.05, 0.1) is 22.2 Å². The average molecular weight is 462 g/mol. The molecule has 1 aromatic heterocycles. The lowest BCUT2D eigenvalue weighted by atomic mass is 10.0. The van der Waals surface area contributed by atoms with Crippen LogP contribution in [0.2, 0.25) is 0 Å². The number of likely N-dealkylation sites (N-methyl/N-ethyl adjacent to an activating group) is 1. The van der Waals surface area contributed by atoms with Crippen LogP contribution in [0.3, 0.4) is 0 Å². The monoisotopic (exact) mass is 461 g/mol. The fraction of sp³-hybridized carbons (Fsp3) is 0.333. The standard InChI is InChI=1S/C27H31N3O4/c1-5-21(34-4)9-8-15-30-25(28-24-11-7-6-10-22(24)27(30)33)14-16-29(3)26(32)23-17-19(2)12-13-20(23)18-31/h5,8,10-13,15,17-18,21H,1,6-7,9,14,16H2,2-4H3/b15-8+. The number of nitrogens with zero attached hydrogens (tertiary/aromatic N) is 3. The molecular formula is C27H31N3O4. The highest BCUT2D eigenvalue weighted by molar-refractivity contribution is 6.01. The molecule has 7 nitrogen and oxygen atoms in total. The van der Waals surface area contributed by atoms with Crippen LogP contribution in [0, 0.1) is 6.92 Å². The first kappa shape index (κ1) is 25.1. The van der Waals surface area contributed by atoms with Gasteiger partial charge in [0, 0.05) is 38.9 Å². The number of carbonyl (C=O) groups is 2. The molecule has 7 heteroatoms. The summed E-state index contributed by atoms with van der Waals surface area (Å²) in [6.45, 7) is 5.96. The molecule has 1 atom stereocenters. The Hall–Kier alpha value is -3.58. The molecule has 0 aliphatic heterocycles. The summed E-state index contributed by atoms with van der Waals surface area (Å²) in [4.78, 5) is 43.9. The van der Waals surface area contributed by atoms with Crippen LogP contribution in [0.15, 0.2) is 41.7 Å². The number of fused-ring (bicyclic) bond motifs is 1. The fourth-order valence-electron chi connectivity index (χ4n) is 3.86. The second-order valence-electron chi connectivity index (χ2n) is 8.30. The molecule has 1 aromatic carbocycles. The van der Waals surface area contributed by atoms with Crippen molar-refractivity contribution in [3.8, 4) is 0 Å². The zero-order chi connectivity index (χ0) is 24.7. The van der Waals surface area contributed by atoms with Crippen molar-refractivity contribution in [1.82, 2.24) is 14.5 Å². The molecule has 178 valence electrons. The van der Waals surface area contributed by atoms with Gasteiger partial charge in [-0.05, 0) is 32.3 Å². The van der Waals surface area contributed by atoms with Crippen molar-refractivity contribution >= 4 is 30.5 Å². The molecule has 0 radical (unpaired) electrons. The smallest absolute Gasteiger partial charge is 0.265 e. The molecule has 0 spiro atoms. The van der Waals surface area contributed by atoms with E-state index in [9.17, 15) is 14.4 Å². The molecule has 0 bridgehead atoms. The maximum Gasteiger partial charge on any atom is 0.265 e. The lowest BCUT2D eigenvalue weighted by molar-refractivity contribution is 0.0792. The minimum Gasteiger partial charge on any atom is -0.377 e. The Morgan fingerprint density at radius 2 is 2.09 bits per heavy atom. The number of aldehydes is 1.